The van der Waals surface area contributed by atoms with E-state index in [1.165, 1.54) is 29.3 Å². The van der Waals surface area contributed by atoms with Gasteiger partial charge in [0.05, 0.1) is 25.2 Å². The Morgan fingerprint density at radius 1 is 1.31 bits per heavy atom. The lowest BCUT2D eigenvalue weighted by Crippen LogP contribution is -2.53. The number of hydrogen-bond acceptors (Lipinski definition) is 4. The predicted octanol–water partition coefficient (Wildman–Crippen LogP) is 2.65. The Bertz CT molecular complexity index is 845. The molecule has 1 saturated carbocycles. The molecule has 3 heterocycles. The van der Waals surface area contributed by atoms with Crippen molar-refractivity contribution in [1.82, 2.24) is 9.88 Å². The zero-order chi connectivity index (χ0) is 17.8. The quantitative estimate of drug-likeness (QED) is 0.773. The maximum Gasteiger partial charge on any atom is 0.311 e. The van der Waals surface area contributed by atoms with E-state index in [1.807, 2.05) is 0 Å². The largest absolute Gasteiger partial charge is 0.469 e. The average Bonchev–Trinajstić information content (AvgIpc) is 3.05. The smallest absolute Gasteiger partial charge is 0.311 e. The fourth-order valence-electron chi connectivity index (χ4n) is 5.80. The van der Waals surface area contributed by atoms with E-state index in [9.17, 15) is 9.90 Å². The molecule has 2 fully saturated rings. The first kappa shape index (κ1) is 16.3. The molecule has 5 nitrogen and oxygen atoms in total. The van der Waals surface area contributed by atoms with Crippen LogP contribution in [0, 0.1) is 17.8 Å². The molecule has 26 heavy (non-hydrogen) atoms. The lowest BCUT2D eigenvalue weighted by Gasteiger charge is -2.50. The third-order valence-electron chi connectivity index (χ3n) is 7.02. The first-order valence-corrected chi connectivity index (χ1v) is 9.76. The van der Waals surface area contributed by atoms with Gasteiger partial charge in [0.15, 0.2) is 0 Å². The number of aliphatic hydroxyl groups is 1. The van der Waals surface area contributed by atoms with E-state index in [0.29, 0.717) is 18.4 Å². The van der Waals surface area contributed by atoms with Crippen LogP contribution in [0.1, 0.15) is 36.6 Å². The number of para-hydroxylation sites is 1. The van der Waals surface area contributed by atoms with Gasteiger partial charge < -0.3 is 14.8 Å². The van der Waals surface area contributed by atoms with Crippen LogP contribution in [0.4, 0.5) is 0 Å². The first-order valence-electron chi connectivity index (χ1n) is 9.76. The predicted molar refractivity (Wildman–Crippen MR) is 98.7 cm³/mol. The van der Waals surface area contributed by atoms with Gasteiger partial charge in [-0.25, -0.2) is 0 Å². The molecule has 0 amide bonds. The van der Waals surface area contributed by atoms with E-state index in [-0.39, 0.29) is 17.8 Å². The number of aliphatic hydroxyl groups excluding tert-OH is 1. The highest BCUT2D eigenvalue weighted by Gasteiger charge is 2.49. The van der Waals surface area contributed by atoms with Gasteiger partial charge in [0, 0.05) is 29.7 Å². The van der Waals surface area contributed by atoms with E-state index in [1.54, 1.807) is 0 Å². The SMILES string of the molecule is COC(=O)C1C2CC3c4[nH]c5ccccc5c4CCN3CC2CC[C@H]1O. The molecule has 5 rings (SSSR count). The van der Waals surface area contributed by atoms with E-state index in [0.717, 1.165) is 32.4 Å². The number of nitrogens with one attached hydrogen (secondary N) is 1. The zero-order valence-corrected chi connectivity index (χ0v) is 15.1. The Hall–Kier alpha value is -1.85. The van der Waals surface area contributed by atoms with Gasteiger partial charge in [-0.05, 0) is 49.1 Å². The molecule has 0 bridgehead atoms. The second-order valence-electron chi connectivity index (χ2n) is 8.18. The maximum atomic E-state index is 12.4. The highest BCUT2D eigenvalue weighted by Crippen LogP contribution is 2.49. The maximum absolute atomic E-state index is 12.4. The Labute approximate surface area is 153 Å². The van der Waals surface area contributed by atoms with Crippen LogP contribution in [-0.2, 0) is 16.0 Å². The summed E-state index contributed by atoms with van der Waals surface area (Å²) >= 11 is 0. The van der Waals surface area contributed by atoms with Crippen LogP contribution in [-0.4, -0.2) is 47.3 Å². The number of aromatic nitrogens is 1. The summed E-state index contributed by atoms with van der Waals surface area (Å²) in [6.07, 6.45) is 3.14. The van der Waals surface area contributed by atoms with Crippen LogP contribution in [0.2, 0.25) is 0 Å². The van der Waals surface area contributed by atoms with Gasteiger partial charge >= 0.3 is 5.97 Å². The van der Waals surface area contributed by atoms with Crippen molar-refractivity contribution in [2.75, 3.05) is 20.2 Å². The van der Waals surface area contributed by atoms with Crippen molar-refractivity contribution in [1.29, 1.82) is 0 Å². The van der Waals surface area contributed by atoms with Crippen molar-refractivity contribution in [3.63, 3.8) is 0 Å². The second-order valence-corrected chi connectivity index (χ2v) is 8.18. The summed E-state index contributed by atoms with van der Waals surface area (Å²) in [5.74, 6) is 0.0541. The summed E-state index contributed by atoms with van der Waals surface area (Å²) in [4.78, 5) is 18.6. The number of carbonyl (C=O) groups excluding carboxylic acids is 1. The minimum Gasteiger partial charge on any atom is -0.469 e. The lowest BCUT2D eigenvalue weighted by atomic mass is 9.65. The summed E-state index contributed by atoms with van der Waals surface area (Å²) in [6, 6.07) is 8.83. The van der Waals surface area contributed by atoms with Gasteiger partial charge in [-0.15, -0.1) is 0 Å². The Morgan fingerprint density at radius 2 is 2.15 bits per heavy atom. The highest BCUT2D eigenvalue weighted by molar-refractivity contribution is 5.85. The molecular weight excluding hydrogens is 328 g/mol. The number of H-pyrrole nitrogens is 1. The van der Waals surface area contributed by atoms with Crippen LogP contribution >= 0.6 is 0 Å². The lowest BCUT2D eigenvalue weighted by molar-refractivity contribution is -0.160. The molecule has 1 aromatic carbocycles. The molecule has 2 aromatic rings. The molecule has 4 unspecified atom stereocenters. The van der Waals surface area contributed by atoms with Gasteiger partial charge in [-0.1, -0.05) is 18.2 Å². The van der Waals surface area contributed by atoms with Gasteiger partial charge in [0.2, 0.25) is 0 Å². The fourth-order valence-corrected chi connectivity index (χ4v) is 5.80. The molecule has 0 radical (unpaired) electrons. The second kappa shape index (κ2) is 6.10. The van der Waals surface area contributed by atoms with Crippen molar-refractivity contribution in [2.24, 2.45) is 17.8 Å². The Balaban J connectivity index is 1.52. The van der Waals surface area contributed by atoms with E-state index in [2.05, 4.69) is 34.1 Å². The van der Waals surface area contributed by atoms with Crippen molar-refractivity contribution in [3.8, 4) is 0 Å². The van der Waals surface area contributed by atoms with E-state index >= 15 is 0 Å². The number of ether oxygens (including phenoxy) is 1. The molecule has 3 aliphatic rings. The third kappa shape index (κ3) is 2.33. The van der Waals surface area contributed by atoms with Crippen molar-refractivity contribution in [2.45, 2.75) is 37.8 Å². The van der Waals surface area contributed by atoms with Crippen LogP contribution in [0.25, 0.3) is 10.9 Å². The fraction of sp³-hybridized carbons (Fsp3) is 0.571. The molecule has 2 N–H and O–H groups in total. The Morgan fingerprint density at radius 3 is 3.00 bits per heavy atom. The summed E-state index contributed by atoms with van der Waals surface area (Å²) in [5, 5.41) is 11.8. The molecular formula is C21H26N2O3. The molecule has 5 heteroatoms. The van der Waals surface area contributed by atoms with Crippen molar-refractivity contribution < 1.29 is 14.6 Å². The number of aromatic amines is 1. The minimum atomic E-state index is -0.568. The average molecular weight is 354 g/mol. The number of piperidine rings is 1. The first-order chi connectivity index (χ1) is 12.7. The number of nitrogens with zero attached hydrogens (tertiary/aromatic N) is 1. The Kier molecular flexibility index (Phi) is 3.83. The van der Waals surface area contributed by atoms with Gasteiger partial charge in [0.25, 0.3) is 0 Å². The molecule has 138 valence electrons. The monoisotopic (exact) mass is 354 g/mol. The number of esters is 1. The van der Waals surface area contributed by atoms with Gasteiger partial charge in [-0.3, -0.25) is 9.69 Å². The normalized spacial score (nSPS) is 34.0. The minimum absolute atomic E-state index is 0.199. The molecule has 1 saturated heterocycles. The molecule has 5 atom stereocenters. The number of methoxy groups -OCH3 is 1. The molecule has 0 spiro atoms. The van der Waals surface area contributed by atoms with E-state index in [4.69, 9.17) is 4.74 Å². The van der Waals surface area contributed by atoms with Gasteiger partial charge in [-0.2, -0.15) is 0 Å². The highest BCUT2D eigenvalue weighted by atomic mass is 16.5. The van der Waals surface area contributed by atoms with Crippen molar-refractivity contribution in [3.05, 3.63) is 35.5 Å². The summed E-state index contributed by atoms with van der Waals surface area (Å²) < 4.78 is 5.04. The van der Waals surface area contributed by atoms with Crippen LogP contribution in [0.3, 0.4) is 0 Å². The summed E-state index contributed by atoms with van der Waals surface area (Å²) in [7, 11) is 1.43. The summed E-state index contributed by atoms with van der Waals surface area (Å²) in [5.41, 5.74) is 3.96. The van der Waals surface area contributed by atoms with Gasteiger partial charge in [0.1, 0.15) is 0 Å². The number of carbonyl (C=O) groups is 1. The molecule has 1 aromatic heterocycles. The molecule has 2 aliphatic heterocycles. The zero-order valence-electron chi connectivity index (χ0n) is 15.1. The summed E-state index contributed by atoms with van der Waals surface area (Å²) in [6.45, 7) is 2.10. The topological polar surface area (TPSA) is 65.6 Å². The van der Waals surface area contributed by atoms with E-state index < -0.39 is 6.10 Å². The number of benzene rings is 1. The van der Waals surface area contributed by atoms with Crippen molar-refractivity contribution >= 4 is 16.9 Å². The number of rotatable bonds is 1. The third-order valence-corrected chi connectivity index (χ3v) is 7.02. The number of hydrogen-bond donors (Lipinski definition) is 2. The van der Waals surface area contributed by atoms with Crippen LogP contribution in [0.5, 0.6) is 0 Å². The molecule has 1 aliphatic carbocycles. The number of fused-ring (bicyclic) bond motifs is 6. The van der Waals surface area contributed by atoms with Crippen LogP contribution in [0.15, 0.2) is 24.3 Å². The standard InChI is InChI=1S/C21H26N2O3/c1-26-21(25)19-15-10-17-20-14(13-4-2-3-5-16(13)22-20)8-9-23(17)11-12(15)6-7-18(19)24/h2-5,12,15,17-19,22,24H,6-11H2,1H3/t12?,15?,17?,18-,19?/m1/s1. The van der Waals surface area contributed by atoms with Crippen LogP contribution < -0.4 is 0 Å².